The Bertz CT molecular complexity index is 4260. The lowest BCUT2D eigenvalue weighted by Crippen LogP contribution is -2.37. The SMILES string of the molecule is CCC(C)Cn1nc(C(=O)N[C@@H](CCC2CCCCC2)Cc2nn[nH]n2)cc1-c1c(OC)cccc1OC.COc1cccc(OC)c1-c1cc(C(=O)N[C@@H](CCC2CCCCC2)Cc2nn[nH]n2)nn1C(C)C(C)C.COc1cccc(OC)c1-c1cc(C(=O)N[C@@H](CCC2CCCCC2)Cc2nn[nH]n2)nn1CC(C)C. The van der Waals surface area contributed by atoms with Gasteiger partial charge in [0.1, 0.15) is 34.5 Å². The van der Waals surface area contributed by atoms with Crippen LogP contribution in [-0.2, 0) is 32.4 Å². The molecule has 113 heavy (non-hydrogen) atoms. The number of methoxy groups -OCH3 is 6. The number of amides is 3. The van der Waals surface area contributed by atoms with Crippen LogP contribution in [0, 0.1) is 35.5 Å². The molecule has 0 bridgehead atoms. The number of hydrogen-bond acceptors (Lipinski definition) is 21. The third-order valence-electron chi connectivity index (χ3n) is 22.5. The average Bonchev–Trinajstić information content (AvgIpc) is 1.72. The smallest absolute Gasteiger partial charge is 0.272 e. The molecule has 3 aliphatic rings. The number of aromatic nitrogens is 18. The molecule has 9 aromatic rings. The number of carbonyl (C=O) groups is 3. The van der Waals surface area contributed by atoms with Crippen molar-refractivity contribution in [1.29, 1.82) is 0 Å². The van der Waals surface area contributed by atoms with Crippen molar-refractivity contribution in [2.75, 3.05) is 42.7 Å². The number of tetrazole rings is 3. The van der Waals surface area contributed by atoms with Crippen LogP contribution >= 0.6 is 0 Å². The summed E-state index contributed by atoms with van der Waals surface area (Å²) in [5.74, 6) is 8.30. The van der Waals surface area contributed by atoms with Gasteiger partial charge in [0.25, 0.3) is 17.7 Å². The number of hydrogen-bond donors (Lipinski definition) is 6. The van der Waals surface area contributed by atoms with Crippen molar-refractivity contribution in [1.82, 2.24) is 107 Å². The van der Waals surface area contributed by atoms with Gasteiger partial charge >= 0.3 is 0 Å². The van der Waals surface area contributed by atoms with E-state index in [1.165, 1.54) is 96.3 Å². The Kier molecular flexibility index (Phi) is 32.5. The number of aromatic amines is 3. The van der Waals surface area contributed by atoms with Crippen LogP contribution in [-0.4, -0.2) is 170 Å². The van der Waals surface area contributed by atoms with E-state index in [1.54, 1.807) is 42.7 Å². The molecule has 0 spiro atoms. The van der Waals surface area contributed by atoms with E-state index < -0.39 is 0 Å². The maximum absolute atomic E-state index is 13.6. The fourth-order valence-corrected chi connectivity index (χ4v) is 15.8. The standard InChI is InChI=1S/2C28H41N7O3.C27H39N7O3/c1-18(2)19(3)35-23(27-24(37-4)12-9-13-25(27)38-5)17-22(32-35)28(36)29-21(16-26-30-33-34-31-26)15-14-20-10-7-6-8-11-20;1-5-19(2)18-35-23(27-24(37-3)12-9-13-25(27)38-4)17-22(32-35)28(36)29-21(16-26-30-33-34-31-26)15-14-20-10-7-6-8-11-20;1-18(2)17-34-22(26-23(36-3)11-8-12-24(26)37-4)16-21(31-34)27(35)28-20(15-25-29-32-33-30-25)14-13-19-9-6-5-7-10-19/h9,12-13,17-21H,6-8,10-11,14-16H2,1-5H3,(H,29,36)(H,30,31,33,34);9,12-13,17,19-21H,5-8,10-11,14-16,18H2,1-4H3,(H,29,36)(H,30,31,33,34);8,11-12,16,18-20H,5-7,9-10,13-15,17H2,1-4H3,(H,28,35)(H,29,30,32,33)/t2*19?,21-;20-/m000/s1. The van der Waals surface area contributed by atoms with Gasteiger partial charge in [0.2, 0.25) is 0 Å². The number of benzene rings is 3. The van der Waals surface area contributed by atoms with Crippen LogP contribution in [0.4, 0.5) is 0 Å². The zero-order valence-electron chi connectivity index (χ0n) is 68.7. The molecule has 6 heterocycles. The molecule has 3 aliphatic carbocycles. The number of nitrogens with one attached hydrogen (secondary N) is 6. The van der Waals surface area contributed by atoms with E-state index in [-0.39, 0.29) is 41.9 Å². The minimum Gasteiger partial charge on any atom is -0.496 e. The van der Waals surface area contributed by atoms with Gasteiger partial charge < -0.3 is 44.4 Å². The minimum absolute atomic E-state index is 0.0441. The summed E-state index contributed by atoms with van der Waals surface area (Å²) in [6.07, 6.45) is 27.8. The van der Waals surface area contributed by atoms with Crippen LogP contribution < -0.4 is 44.4 Å². The molecule has 0 radical (unpaired) electrons. The van der Waals surface area contributed by atoms with E-state index in [2.05, 4.69) is 126 Å². The highest BCUT2D eigenvalue weighted by Crippen LogP contribution is 2.43. The van der Waals surface area contributed by atoms with Crippen LogP contribution in [0.1, 0.15) is 245 Å². The quantitative estimate of drug-likeness (QED) is 0.0211. The van der Waals surface area contributed by atoms with Gasteiger partial charge in [-0.25, -0.2) is 0 Å². The second-order valence-electron chi connectivity index (χ2n) is 31.4. The maximum Gasteiger partial charge on any atom is 0.272 e. The van der Waals surface area contributed by atoms with Gasteiger partial charge in [-0.15, -0.1) is 30.6 Å². The van der Waals surface area contributed by atoms with Gasteiger partial charge in [-0.2, -0.15) is 30.9 Å². The summed E-state index contributed by atoms with van der Waals surface area (Å²) in [5.41, 5.74) is 5.78. The second-order valence-corrected chi connectivity index (χ2v) is 31.4. The van der Waals surface area contributed by atoms with Gasteiger partial charge in [-0.3, -0.25) is 28.4 Å². The summed E-state index contributed by atoms with van der Waals surface area (Å²) >= 11 is 0. The molecule has 3 fully saturated rings. The zero-order valence-corrected chi connectivity index (χ0v) is 68.7. The molecule has 3 saturated carbocycles. The Morgan fingerprint density at radius 3 is 1.04 bits per heavy atom. The van der Waals surface area contributed by atoms with Gasteiger partial charge in [0.05, 0.1) is 82.5 Å². The minimum atomic E-state index is -0.216. The fourth-order valence-electron chi connectivity index (χ4n) is 15.8. The van der Waals surface area contributed by atoms with Crippen molar-refractivity contribution in [2.24, 2.45) is 35.5 Å². The Morgan fingerprint density at radius 1 is 0.434 bits per heavy atom. The molecule has 0 aliphatic heterocycles. The lowest BCUT2D eigenvalue weighted by molar-refractivity contribution is 0.0917. The number of carbonyl (C=O) groups excluding carboxylic acids is 3. The predicted molar refractivity (Wildman–Crippen MR) is 431 cm³/mol. The van der Waals surface area contributed by atoms with Crippen LogP contribution in [0.5, 0.6) is 34.5 Å². The normalized spacial score (nSPS) is 15.5. The fraction of sp³-hybridized carbons (Fsp3) is 0.602. The topological polar surface area (TPSA) is 360 Å². The number of nitrogens with zero attached hydrogens (tertiary/aromatic N) is 15. The van der Waals surface area contributed by atoms with Gasteiger partial charge in [0, 0.05) is 50.5 Å². The molecule has 0 saturated heterocycles. The molecule has 3 aromatic carbocycles. The van der Waals surface area contributed by atoms with E-state index in [4.69, 9.17) is 43.7 Å². The third kappa shape index (κ3) is 23.9. The molecule has 5 atom stereocenters. The predicted octanol–water partition coefficient (Wildman–Crippen LogP) is 14.3. The first-order valence-corrected chi connectivity index (χ1v) is 40.9. The Hall–Kier alpha value is -10.3. The molecule has 12 rings (SSSR count). The molecule has 30 nitrogen and oxygen atoms in total. The summed E-state index contributed by atoms with van der Waals surface area (Å²) in [6, 6.07) is 22.2. The molecule has 30 heteroatoms. The van der Waals surface area contributed by atoms with E-state index in [0.29, 0.717) is 137 Å². The van der Waals surface area contributed by atoms with E-state index >= 15 is 0 Å². The molecular weight excluding hydrogens is 1440 g/mol. The van der Waals surface area contributed by atoms with E-state index in [1.807, 2.05) is 86.8 Å². The number of H-pyrrole nitrogens is 3. The van der Waals surface area contributed by atoms with Gasteiger partial charge in [-0.1, -0.05) is 178 Å². The number of rotatable bonds is 37. The maximum atomic E-state index is 13.6. The first-order chi connectivity index (χ1) is 54.9. The molecular formula is C83H121N21O9. The van der Waals surface area contributed by atoms with Crippen molar-refractivity contribution in [3.8, 4) is 68.3 Å². The summed E-state index contributed by atoms with van der Waals surface area (Å²) < 4.78 is 39.7. The van der Waals surface area contributed by atoms with Crippen LogP contribution in [0.2, 0.25) is 0 Å². The Balaban J connectivity index is 0.000000180. The largest absolute Gasteiger partial charge is 0.496 e. The highest BCUT2D eigenvalue weighted by Gasteiger charge is 2.31. The van der Waals surface area contributed by atoms with Gasteiger partial charge in [-0.05, 0) is 136 Å². The van der Waals surface area contributed by atoms with Crippen molar-refractivity contribution in [2.45, 2.75) is 246 Å². The Morgan fingerprint density at radius 2 is 0.743 bits per heavy atom. The van der Waals surface area contributed by atoms with Crippen LogP contribution in [0.15, 0.2) is 72.8 Å². The van der Waals surface area contributed by atoms with E-state index in [9.17, 15) is 14.4 Å². The average molecular weight is 1560 g/mol. The highest BCUT2D eigenvalue weighted by atomic mass is 16.5. The molecule has 612 valence electrons. The molecule has 2 unspecified atom stereocenters. The summed E-state index contributed by atoms with van der Waals surface area (Å²) in [6.45, 7) is 16.3. The lowest BCUT2D eigenvalue weighted by atomic mass is 9.85. The van der Waals surface area contributed by atoms with Crippen molar-refractivity contribution in [3.63, 3.8) is 0 Å². The number of ether oxygens (including phenoxy) is 6. The van der Waals surface area contributed by atoms with Crippen LogP contribution in [0.3, 0.4) is 0 Å². The Labute approximate surface area is 664 Å². The summed E-state index contributed by atoms with van der Waals surface area (Å²) in [5, 5.41) is 67.3. The molecule has 6 aromatic heterocycles. The van der Waals surface area contributed by atoms with Gasteiger partial charge in [0.15, 0.2) is 34.6 Å². The highest BCUT2D eigenvalue weighted by molar-refractivity contribution is 5.96. The van der Waals surface area contributed by atoms with E-state index in [0.717, 1.165) is 78.7 Å². The lowest BCUT2D eigenvalue weighted by Gasteiger charge is -2.24. The molecule has 3 amide bonds. The first kappa shape index (κ1) is 85.1. The van der Waals surface area contributed by atoms with Crippen LogP contribution in [0.25, 0.3) is 33.8 Å². The summed E-state index contributed by atoms with van der Waals surface area (Å²) in [7, 11) is 9.79. The third-order valence-corrected chi connectivity index (χ3v) is 22.5. The second kappa shape index (κ2) is 43.1. The monoisotopic (exact) mass is 1560 g/mol. The molecule has 6 N–H and O–H groups in total. The van der Waals surface area contributed by atoms with Crippen molar-refractivity contribution < 1.29 is 42.8 Å². The summed E-state index contributed by atoms with van der Waals surface area (Å²) in [4.78, 5) is 40.7. The van der Waals surface area contributed by atoms with Crippen molar-refractivity contribution in [3.05, 3.63) is 107 Å². The first-order valence-electron chi connectivity index (χ1n) is 40.9. The zero-order chi connectivity index (χ0) is 80.2. The van der Waals surface area contributed by atoms with Crippen molar-refractivity contribution >= 4 is 17.7 Å².